The van der Waals surface area contributed by atoms with Crippen LogP contribution in [-0.2, 0) is 18.3 Å². The number of piperazine rings is 1. The number of aliphatic imine (C=N–C) groups is 1. The molecule has 0 spiro atoms. The van der Waals surface area contributed by atoms with Gasteiger partial charge in [-0.1, -0.05) is 0 Å². The molecule has 0 aliphatic carbocycles. The van der Waals surface area contributed by atoms with Gasteiger partial charge in [0.25, 0.3) is 0 Å². The van der Waals surface area contributed by atoms with Crippen molar-refractivity contribution in [2.75, 3.05) is 45.8 Å². The number of guanidine groups is 1. The minimum atomic E-state index is -0.453. The summed E-state index contributed by atoms with van der Waals surface area (Å²) >= 11 is 0. The van der Waals surface area contributed by atoms with Crippen molar-refractivity contribution >= 4 is 36.0 Å². The van der Waals surface area contributed by atoms with E-state index in [1.165, 1.54) is 6.33 Å². The molecule has 1 aliphatic heterocycles. The number of aryl methyl sites for hydroxylation is 1. The molecule has 1 aromatic rings. The summed E-state index contributed by atoms with van der Waals surface area (Å²) in [5.41, 5.74) is -0.453. The van der Waals surface area contributed by atoms with Crippen LogP contribution in [0.5, 0.6) is 0 Å². The molecule has 29 heavy (non-hydrogen) atoms. The number of nitrogens with zero attached hydrogens (tertiary/aromatic N) is 6. The largest absolute Gasteiger partial charge is 0.444 e. The van der Waals surface area contributed by atoms with Crippen LogP contribution in [0.25, 0.3) is 0 Å². The highest BCUT2D eigenvalue weighted by atomic mass is 127. The van der Waals surface area contributed by atoms with Crippen molar-refractivity contribution in [3.63, 3.8) is 0 Å². The summed E-state index contributed by atoms with van der Waals surface area (Å²) in [5.74, 6) is 1.58. The molecule has 1 aromatic heterocycles. The van der Waals surface area contributed by atoms with Gasteiger partial charge in [-0.3, -0.25) is 9.58 Å². The Hall–Kier alpha value is -1.63. The molecule has 2 rings (SSSR count). The molecule has 0 bridgehead atoms. The van der Waals surface area contributed by atoms with Crippen LogP contribution in [0.2, 0.25) is 0 Å². The van der Waals surface area contributed by atoms with Gasteiger partial charge >= 0.3 is 6.09 Å². The van der Waals surface area contributed by atoms with Gasteiger partial charge in [0, 0.05) is 52.9 Å². The second kappa shape index (κ2) is 12.2. The average Bonchev–Trinajstić information content (AvgIpc) is 3.03. The lowest BCUT2D eigenvalue weighted by molar-refractivity contribution is 0.0147. The van der Waals surface area contributed by atoms with Crippen LogP contribution >= 0.6 is 24.0 Å². The second-order valence-corrected chi connectivity index (χ2v) is 7.73. The number of nitrogens with one attached hydrogen (secondary N) is 2. The van der Waals surface area contributed by atoms with Crippen LogP contribution in [-0.4, -0.2) is 88.0 Å². The van der Waals surface area contributed by atoms with Crippen molar-refractivity contribution in [1.29, 1.82) is 0 Å². The van der Waals surface area contributed by atoms with E-state index in [0.717, 1.165) is 44.5 Å². The number of halogens is 1. The Morgan fingerprint density at radius 2 is 1.93 bits per heavy atom. The molecule has 0 saturated carbocycles. The molecule has 0 atom stereocenters. The number of carbonyl (C=O) groups is 1. The van der Waals surface area contributed by atoms with Crippen molar-refractivity contribution in [2.24, 2.45) is 12.0 Å². The predicted molar refractivity (Wildman–Crippen MR) is 123 cm³/mol. The van der Waals surface area contributed by atoms with Crippen LogP contribution in [0.1, 0.15) is 33.5 Å². The molecule has 11 heteroatoms. The minimum Gasteiger partial charge on any atom is -0.444 e. The Labute approximate surface area is 190 Å². The molecule has 2 N–H and O–H groups in total. The number of rotatable bonds is 6. The van der Waals surface area contributed by atoms with E-state index in [4.69, 9.17) is 4.74 Å². The van der Waals surface area contributed by atoms with Gasteiger partial charge in [-0.15, -0.1) is 24.0 Å². The summed E-state index contributed by atoms with van der Waals surface area (Å²) in [4.78, 5) is 25.0. The summed E-state index contributed by atoms with van der Waals surface area (Å²) in [5, 5.41) is 10.6. The zero-order chi connectivity index (χ0) is 20.6. The summed E-state index contributed by atoms with van der Waals surface area (Å²) in [6, 6.07) is 0. The Morgan fingerprint density at radius 1 is 1.24 bits per heavy atom. The summed E-state index contributed by atoms with van der Waals surface area (Å²) in [7, 11) is 1.86. The lowest BCUT2D eigenvalue weighted by atomic mass is 10.2. The summed E-state index contributed by atoms with van der Waals surface area (Å²) in [6.07, 6.45) is 1.30. The predicted octanol–water partition coefficient (Wildman–Crippen LogP) is 1.04. The van der Waals surface area contributed by atoms with E-state index in [0.29, 0.717) is 19.6 Å². The number of ether oxygens (including phenoxy) is 1. The van der Waals surface area contributed by atoms with Crippen LogP contribution in [0.15, 0.2) is 11.3 Å². The van der Waals surface area contributed by atoms with E-state index in [2.05, 4.69) is 30.6 Å². The maximum Gasteiger partial charge on any atom is 0.410 e. The molecule has 166 valence electrons. The first-order chi connectivity index (χ1) is 13.3. The maximum absolute atomic E-state index is 12.1. The molecule has 0 aromatic carbocycles. The van der Waals surface area contributed by atoms with Crippen molar-refractivity contribution in [1.82, 2.24) is 35.2 Å². The maximum atomic E-state index is 12.1. The molecule has 0 unspecified atom stereocenters. The van der Waals surface area contributed by atoms with Gasteiger partial charge in [-0.2, -0.15) is 5.10 Å². The van der Waals surface area contributed by atoms with E-state index in [9.17, 15) is 4.79 Å². The number of amides is 1. The third kappa shape index (κ3) is 9.15. The average molecular weight is 522 g/mol. The first kappa shape index (κ1) is 25.4. The Balaban J connectivity index is 0.00000420. The molecule has 1 aliphatic rings. The van der Waals surface area contributed by atoms with E-state index in [1.54, 1.807) is 9.58 Å². The monoisotopic (exact) mass is 522 g/mol. The number of carbonyl (C=O) groups excluding carboxylic acids is 1. The number of aromatic nitrogens is 3. The molecular weight excluding hydrogens is 487 g/mol. The topological polar surface area (TPSA) is 99.9 Å². The van der Waals surface area contributed by atoms with Crippen LogP contribution in [0.3, 0.4) is 0 Å². The molecular formula is C18H35IN8O2. The van der Waals surface area contributed by atoms with Gasteiger partial charge in [0.1, 0.15) is 24.3 Å². The zero-order valence-electron chi connectivity index (χ0n) is 18.1. The first-order valence-electron chi connectivity index (χ1n) is 9.84. The minimum absolute atomic E-state index is 0. The zero-order valence-corrected chi connectivity index (χ0v) is 20.5. The second-order valence-electron chi connectivity index (χ2n) is 7.73. The standard InChI is InChI=1S/C18H34N8O2.HI/c1-6-19-16(21-13-15-22-14-23-24(15)5)20-7-8-25-9-11-26(12-10-25)17(27)28-18(2,3)4;/h14H,6-13H2,1-5H3,(H2,19,20,21);1H. The van der Waals surface area contributed by atoms with Crippen LogP contribution in [0.4, 0.5) is 4.79 Å². The van der Waals surface area contributed by atoms with E-state index < -0.39 is 5.60 Å². The quantitative estimate of drug-likeness (QED) is 0.327. The fraction of sp³-hybridized carbons (Fsp3) is 0.778. The van der Waals surface area contributed by atoms with E-state index in [1.807, 2.05) is 34.7 Å². The van der Waals surface area contributed by atoms with Gasteiger partial charge in [0.15, 0.2) is 5.96 Å². The fourth-order valence-corrected chi connectivity index (χ4v) is 2.77. The normalized spacial score (nSPS) is 15.6. The Morgan fingerprint density at radius 3 is 2.48 bits per heavy atom. The van der Waals surface area contributed by atoms with E-state index >= 15 is 0 Å². The number of hydrogen-bond donors (Lipinski definition) is 2. The van der Waals surface area contributed by atoms with Gasteiger partial charge < -0.3 is 20.3 Å². The fourth-order valence-electron chi connectivity index (χ4n) is 2.77. The Kier molecular flexibility index (Phi) is 10.6. The lowest BCUT2D eigenvalue weighted by Gasteiger charge is -2.35. The third-order valence-corrected chi connectivity index (χ3v) is 4.27. The number of hydrogen-bond acceptors (Lipinski definition) is 6. The molecule has 0 radical (unpaired) electrons. The van der Waals surface area contributed by atoms with Crippen molar-refractivity contribution in [3.05, 3.63) is 12.2 Å². The van der Waals surface area contributed by atoms with Crippen LogP contribution in [0, 0.1) is 0 Å². The highest BCUT2D eigenvalue weighted by Gasteiger charge is 2.25. The molecule has 1 amide bonds. The van der Waals surface area contributed by atoms with Gasteiger partial charge in [0.2, 0.25) is 0 Å². The summed E-state index contributed by atoms with van der Waals surface area (Å²) in [6.45, 7) is 13.7. The van der Waals surface area contributed by atoms with E-state index in [-0.39, 0.29) is 30.1 Å². The molecule has 2 heterocycles. The van der Waals surface area contributed by atoms with Gasteiger partial charge in [-0.05, 0) is 27.7 Å². The molecule has 1 saturated heterocycles. The smallest absolute Gasteiger partial charge is 0.410 e. The highest BCUT2D eigenvalue weighted by molar-refractivity contribution is 14.0. The van der Waals surface area contributed by atoms with Crippen molar-refractivity contribution in [3.8, 4) is 0 Å². The van der Waals surface area contributed by atoms with Crippen molar-refractivity contribution < 1.29 is 9.53 Å². The Bertz CT molecular complexity index is 651. The van der Waals surface area contributed by atoms with Crippen LogP contribution < -0.4 is 10.6 Å². The lowest BCUT2D eigenvalue weighted by Crippen LogP contribution is -2.51. The van der Waals surface area contributed by atoms with Gasteiger partial charge in [-0.25, -0.2) is 14.8 Å². The first-order valence-corrected chi connectivity index (χ1v) is 9.84. The van der Waals surface area contributed by atoms with Gasteiger partial charge in [0.05, 0.1) is 0 Å². The highest BCUT2D eigenvalue weighted by Crippen LogP contribution is 2.11. The third-order valence-electron chi connectivity index (χ3n) is 4.27. The SMILES string of the molecule is CCNC(=NCc1ncnn1C)NCCN1CCN(C(=O)OC(C)(C)C)CC1.I. The van der Waals surface area contributed by atoms with Crippen molar-refractivity contribution in [2.45, 2.75) is 39.8 Å². The molecule has 1 fully saturated rings. The molecule has 10 nitrogen and oxygen atoms in total. The summed E-state index contributed by atoms with van der Waals surface area (Å²) < 4.78 is 7.16.